The number of thioether (sulfide) groups is 1. The highest BCUT2D eigenvalue weighted by Crippen LogP contribution is 2.24. The van der Waals surface area contributed by atoms with Gasteiger partial charge in [-0.25, -0.2) is 4.98 Å². The van der Waals surface area contributed by atoms with Crippen LogP contribution < -0.4 is 5.56 Å². The average molecular weight is 336 g/mol. The van der Waals surface area contributed by atoms with Crippen LogP contribution in [-0.2, 0) is 18.2 Å². The van der Waals surface area contributed by atoms with Crippen molar-refractivity contribution in [2.75, 3.05) is 0 Å². The summed E-state index contributed by atoms with van der Waals surface area (Å²) in [6, 6.07) is 1.80. The van der Waals surface area contributed by atoms with E-state index in [1.165, 1.54) is 23.1 Å². The van der Waals surface area contributed by atoms with E-state index < -0.39 is 0 Å². The predicted molar refractivity (Wildman–Crippen MR) is 87.4 cm³/mol. The number of aromatic nitrogens is 4. The van der Waals surface area contributed by atoms with Crippen molar-refractivity contribution in [3.8, 4) is 0 Å². The third kappa shape index (κ3) is 2.80. The maximum Gasteiger partial charge on any atom is 0.262 e. The van der Waals surface area contributed by atoms with Crippen molar-refractivity contribution in [3.63, 3.8) is 0 Å². The smallest absolute Gasteiger partial charge is 0.262 e. The lowest BCUT2D eigenvalue weighted by molar-refractivity contribution is 0.319. The van der Waals surface area contributed by atoms with Crippen molar-refractivity contribution in [2.45, 2.75) is 37.1 Å². The first-order chi connectivity index (χ1) is 10.4. The van der Waals surface area contributed by atoms with Gasteiger partial charge in [0.2, 0.25) is 5.89 Å². The van der Waals surface area contributed by atoms with E-state index in [0.29, 0.717) is 28.0 Å². The lowest BCUT2D eigenvalue weighted by atomic mass is 9.97. The van der Waals surface area contributed by atoms with Gasteiger partial charge in [0.05, 0.1) is 11.1 Å². The Morgan fingerprint density at radius 3 is 2.82 bits per heavy atom. The molecule has 0 saturated heterocycles. The summed E-state index contributed by atoms with van der Waals surface area (Å²) in [5.74, 6) is 1.73. The van der Waals surface area contributed by atoms with Gasteiger partial charge in [0.1, 0.15) is 4.83 Å². The molecule has 116 valence electrons. The van der Waals surface area contributed by atoms with Crippen molar-refractivity contribution < 1.29 is 4.52 Å². The number of nitrogens with zero attached hydrogens (tertiary/aromatic N) is 4. The Bertz CT molecular complexity index is 873. The fourth-order valence-corrected chi connectivity index (χ4v) is 3.48. The van der Waals surface area contributed by atoms with E-state index in [0.717, 1.165) is 4.83 Å². The molecule has 0 bridgehead atoms. The van der Waals surface area contributed by atoms with Crippen molar-refractivity contribution in [3.05, 3.63) is 33.5 Å². The summed E-state index contributed by atoms with van der Waals surface area (Å²) >= 11 is 2.90. The summed E-state index contributed by atoms with van der Waals surface area (Å²) in [6.45, 7) is 6.06. The van der Waals surface area contributed by atoms with Crippen LogP contribution in [-0.4, -0.2) is 19.7 Å². The molecule has 0 aliphatic heterocycles. The standard InChI is InChI=1S/C14H16N4O2S2/c1-14(2,3)12-15-9(17-20-12)7-22-13-16-10-8(5-6-21-10)11(19)18(13)4/h5-6H,7H2,1-4H3. The average Bonchev–Trinajstić information content (AvgIpc) is 3.09. The fourth-order valence-electron chi connectivity index (χ4n) is 1.86. The van der Waals surface area contributed by atoms with E-state index in [1.54, 1.807) is 17.7 Å². The number of fused-ring (bicyclic) bond motifs is 1. The molecule has 3 heterocycles. The summed E-state index contributed by atoms with van der Waals surface area (Å²) in [4.78, 5) is 21.9. The number of hydrogen-bond donors (Lipinski definition) is 0. The molecule has 0 aromatic carbocycles. The quantitative estimate of drug-likeness (QED) is 0.541. The van der Waals surface area contributed by atoms with Crippen LogP contribution in [0.5, 0.6) is 0 Å². The largest absolute Gasteiger partial charge is 0.339 e. The number of rotatable bonds is 3. The maximum absolute atomic E-state index is 12.2. The molecule has 0 aliphatic rings. The molecule has 3 aromatic heterocycles. The van der Waals surface area contributed by atoms with Crippen molar-refractivity contribution >= 4 is 33.3 Å². The van der Waals surface area contributed by atoms with Gasteiger partial charge in [-0.15, -0.1) is 11.3 Å². The van der Waals surface area contributed by atoms with E-state index in [1.807, 2.05) is 26.2 Å². The van der Waals surface area contributed by atoms with Crippen LogP contribution in [0.4, 0.5) is 0 Å². The highest BCUT2D eigenvalue weighted by Gasteiger charge is 2.22. The third-order valence-corrected chi connectivity index (χ3v) is 4.94. The van der Waals surface area contributed by atoms with Crippen molar-refractivity contribution in [1.82, 2.24) is 19.7 Å². The molecular formula is C14H16N4O2S2. The summed E-state index contributed by atoms with van der Waals surface area (Å²) in [5.41, 5.74) is -0.200. The molecule has 0 N–H and O–H groups in total. The summed E-state index contributed by atoms with van der Waals surface area (Å²) < 4.78 is 6.83. The van der Waals surface area contributed by atoms with Gasteiger partial charge in [-0.05, 0) is 11.4 Å². The molecule has 0 amide bonds. The molecular weight excluding hydrogens is 320 g/mol. The van der Waals surface area contributed by atoms with E-state index in [2.05, 4.69) is 15.1 Å². The third-order valence-electron chi connectivity index (χ3n) is 3.10. The van der Waals surface area contributed by atoms with Crippen LogP contribution in [0.3, 0.4) is 0 Å². The first-order valence-corrected chi connectivity index (χ1v) is 8.63. The zero-order chi connectivity index (χ0) is 15.9. The predicted octanol–water partition coefficient (Wildman–Crippen LogP) is 2.97. The lowest BCUT2D eigenvalue weighted by Gasteiger charge is -2.10. The molecule has 0 radical (unpaired) electrons. The van der Waals surface area contributed by atoms with Gasteiger partial charge >= 0.3 is 0 Å². The monoisotopic (exact) mass is 336 g/mol. The minimum absolute atomic E-state index is 0.0303. The Morgan fingerprint density at radius 2 is 2.14 bits per heavy atom. The Kier molecular flexibility index (Phi) is 3.82. The minimum atomic E-state index is -0.170. The second-order valence-corrected chi connectivity index (χ2v) is 7.79. The first-order valence-electron chi connectivity index (χ1n) is 6.76. The molecule has 0 fully saturated rings. The van der Waals surface area contributed by atoms with Gasteiger partial charge in [0.25, 0.3) is 5.56 Å². The van der Waals surface area contributed by atoms with Gasteiger partial charge in [-0.1, -0.05) is 37.7 Å². The van der Waals surface area contributed by atoms with E-state index in [4.69, 9.17) is 4.52 Å². The number of thiophene rings is 1. The minimum Gasteiger partial charge on any atom is -0.339 e. The second-order valence-electron chi connectivity index (χ2n) is 5.95. The van der Waals surface area contributed by atoms with Gasteiger partial charge < -0.3 is 4.52 Å². The molecule has 6 nitrogen and oxygen atoms in total. The SMILES string of the molecule is Cn1c(SCc2noc(C(C)(C)C)n2)nc2sccc2c1=O. The Morgan fingerprint density at radius 1 is 1.36 bits per heavy atom. The highest BCUT2D eigenvalue weighted by molar-refractivity contribution is 7.98. The van der Waals surface area contributed by atoms with Crippen molar-refractivity contribution in [1.29, 1.82) is 0 Å². The molecule has 0 aliphatic carbocycles. The zero-order valence-corrected chi connectivity index (χ0v) is 14.4. The van der Waals surface area contributed by atoms with Crippen LogP contribution in [0.25, 0.3) is 10.2 Å². The van der Waals surface area contributed by atoms with Gasteiger partial charge in [-0.2, -0.15) is 4.98 Å². The zero-order valence-electron chi connectivity index (χ0n) is 12.8. The fraction of sp³-hybridized carbons (Fsp3) is 0.429. The molecule has 8 heteroatoms. The first kappa shape index (κ1) is 15.2. The van der Waals surface area contributed by atoms with E-state index in [9.17, 15) is 4.79 Å². The molecule has 0 saturated carbocycles. The van der Waals surface area contributed by atoms with Gasteiger partial charge in [0, 0.05) is 12.5 Å². The maximum atomic E-state index is 12.2. The lowest BCUT2D eigenvalue weighted by Crippen LogP contribution is -2.19. The normalized spacial score (nSPS) is 12.2. The summed E-state index contributed by atoms with van der Waals surface area (Å²) in [5, 5.41) is 7.17. The van der Waals surface area contributed by atoms with E-state index >= 15 is 0 Å². The molecule has 0 atom stereocenters. The second kappa shape index (κ2) is 5.51. The van der Waals surface area contributed by atoms with E-state index in [-0.39, 0.29) is 11.0 Å². The van der Waals surface area contributed by atoms with Crippen LogP contribution in [0.1, 0.15) is 32.5 Å². The van der Waals surface area contributed by atoms with Gasteiger partial charge in [0.15, 0.2) is 11.0 Å². The number of hydrogen-bond acceptors (Lipinski definition) is 7. The molecule has 22 heavy (non-hydrogen) atoms. The molecule has 0 unspecified atom stereocenters. The van der Waals surface area contributed by atoms with Crippen LogP contribution in [0.2, 0.25) is 0 Å². The topological polar surface area (TPSA) is 73.8 Å². The highest BCUT2D eigenvalue weighted by atomic mass is 32.2. The molecule has 3 rings (SSSR count). The summed E-state index contributed by atoms with van der Waals surface area (Å²) in [7, 11) is 1.73. The van der Waals surface area contributed by atoms with Crippen molar-refractivity contribution in [2.24, 2.45) is 7.05 Å². The molecule has 3 aromatic rings. The molecule has 0 spiro atoms. The Balaban J connectivity index is 1.83. The van der Waals surface area contributed by atoms with Gasteiger partial charge in [-0.3, -0.25) is 9.36 Å². The van der Waals surface area contributed by atoms with Crippen LogP contribution in [0.15, 0.2) is 25.9 Å². The van der Waals surface area contributed by atoms with Crippen LogP contribution in [0, 0.1) is 0 Å². The summed E-state index contributed by atoms with van der Waals surface area (Å²) in [6.07, 6.45) is 0. The Labute approximate surface area is 135 Å². The Hall–Kier alpha value is -1.67. The van der Waals surface area contributed by atoms with Crippen LogP contribution >= 0.6 is 23.1 Å².